The van der Waals surface area contributed by atoms with Crippen LogP contribution < -0.4 is 0 Å². The molecule has 30 heavy (non-hydrogen) atoms. The first kappa shape index (κ1) is 30.1. The average Bonchev–Trinajstić information content (AvgIpc) is 2.75. The van der Waals surface area contributed by atoms with E-state index < -0.39 is 7.60 Å². The fourth-order valence-electron chi connectivity index (χ4n) is 3.93. The third-order valence-corrected chi connectivity index (χ3v) is 8.44. The summed E-state index contributed by atoms with van der Waals surface area (Å²) in [5.41, 5.74) is 0. The summed E-state index contributed by atoms with van der Waals surface area (Å²) in [5.74, 6) is 0.950. The lowest BCUT2D eigenvalue weighted by atomic mass is 10.0. The summed E-state index contributed by atoms with van der Waals surface area (Å²) >= 11 is 0. The van der Waals surface area contributed by atoms with Crippen molar-refractivity contribution in [1.29, 1.82) is 0 Å². The van der Waals surface area contributed by atoms with Crippen molar-refractivity contribution in [3.8, 4) is 0 Å². The maximum absolute atomic E-state index is 13.6. The van der Waals surface area contributed by atoms with Crippen LogP contribution in [0.1, 0.15) is 137 Å². The molecule has 0 rings (SSSR count). The van der Waals surface area contributed by atoms with Gasteiger partial charge in [-0.15, -0.1) is 0 Å². The molecule has 0 N–H and O–H groups in total. The Morgan fingerprint density at radius 3 is 1.63 bits per heavy atom. The Hall–Kier alpha value is 0.150. The third kappa shape index (κ3) is 16.8. The molecule has 0 saturated heterocycles. The molecule has 0 aromatic rings. The van der Waals surface area contributed by atoms with Gasteiger partial charge in [0, 0.05) is 0 Å². The molecule has 4 heteroatoms. The normalized spacial score (nSPS) is 15.8. The van der Waals surface area contributed by atoms with Crippen molar-refractivity contribution < 1.29 is 13.6 Å². The van der Waals surface area contributed by atoms with Gasteiger partial charge in [-0.05, 0) is 31.1 Å². The Kier molecular flexibility index (Phi) is 21.1. The first-order valence-electron chi connectivity index (χ1n) is 13.4. The summed E-state index contributed by atoms with van der Waals surface area (Å²) in [6.45, 7) is 12.3. The second kappa shape index (κ2) is 21.0. The van der Waals surface area contributed by atoms with E-state index >= 15 is 0 Å². The molecule has 0 heterocycles. The van der Waals surface area contributed by atoms with Gasteiger partial charge in [0.05, 0.1) is 19.4 Å². The summed E-state index contributed by atoms with van der Waals surface area (Å²) in [7, 11) is -3.00. The highest BCUT2D eigenvalue weighted by Gasteiger charge is 2.29. The summed E-state index contributed by atoms with van der Waals surface area (Å²) in [6.07, 6.45) is 20.0. The fraction of sp³-hybridized carbons (Fsp3) is 1.00. The molecule has 0 aliphatic rings. The lowest BCUT2D eigenvalue weighted by Gasteiger charge is -2.25. The maximum Gasteiger partial charge on any atom is 0.330 e. The highest BCUT2D eigenvalue weighted by molar-refractivity contribution is 7.53. The first-order valence-corrected chi connectivity index (χ1v) is 15.2. The van der Waals surface area contributed by atoms with Crippen molar-refractivity contribution in [2.75, 3.05) is 19.4 Å². The molecule has 3 unspecified atom stereocenters. The van der Waals surface area contributed by atoms with Crippen molar-refractivity contribution in [2.24, 2.45) is 11.8 Å². The molecule has 0 saturated carbocycles. The van der Waals surface area contributed by atoms with Gasteiger partial charge in [0.1, 0.15) is 0 Å². The van der Waals surface area contributed by atoms with Crippen LogP contribution in [0.4, 0.5) is 0 Å². The summed E-state index contributed by atoms with van der Waals surface area (Å²) < 4.78 is 25.7. The summed E-state index contributed by atoms with van der Waals surface area (Å²) in [6, 6.07) is 0. The smallest absolute Gasteiger partial charge is 0.309 e. The van der Waals surface area contributed by atoms with E-state index in [0.717, 1.165) is 32.1 Å². The molecule has 182 valence electrons. The predicted octanol–water partition coefficient (Wildman–Crippen LogP) is 9.79. The van der Waals surface area contributed by atoms with Gasteiger partial charge in [0.15, 0.2) is 0 Å². The maximum atomic E-state index is 13.6. The van der Waals surface area contributed by atoms with Crippen LogP contribution in [-0.4, -0.2) is 19.4 Å². The van der Waals surface area contributed by atoms with Crippen molar-refractivity contribution in [2.45, 2.75) is 137 Å². The molecular formula is C26H55O3P. The van der Waals surface area contributed by atoms with E-state index in [-0.39, 0.29) is 0 Å². The molecule has 3 atom stereocenters. The Balaban J connectivity index is 4.52. The minimum atomic E-state index is -3.00. The molecule has 0 aliphatic heterocycles. The standard InChI is InChI=1S/C26H55O3P/c1-6-11-14-15-16-17-18-19-22-28-30(27,24-26(10-5)21-13-8-3)29-23-25(9-4)20-12-7-2/h25-26H,6-24H2,1-5H3. The van der Waals surface area contributed by atoms with Crippen LogP contribution in [0.5, 0.6) is 0 Å². The highest BCUT2D eigenvalue weighted by Crippen LogP contribution is 2.51. The molecule has 0 aromatic carbocycles. The molecule has 0 aromatic heterocycles. The molecule has 0 aliphatic carbocycles. The predicted molar refractivity (Wildman–Crippen MR) is 134 cm³/mol. The number of unbranched alkanes of at least 4 members (excludes halogenated alkanes) is 9. The van der Waals surface area contributed by atoms with Gasteiger partial charge < -0.3 is 9.05 Å². The monoisotopic (exact) mass is 446 g/mol. The van der Waals surface area contributed by atoms with Crippen LogP contribution in [-0.2, 0) is 13.6 Å². The molecule has 3 nitrogen and oxygen atoms in total. The molecule has 0 fully saturated rings. The molecular weight excluding hydrogens is 391 g/mol. The van der Waals surface area contributed by atoms with Crippen LogP contribution in [0, 0.1) is 11.8 Å². The Morgan fingerprint density at radius 1 is 0.600 bits per heavy atom. The minimum Gasteiger partial charge on any atom is -0.309 e. The van der Waals surface area contributed by atoms with Crippen molar-refractivity contribution in [3.05, 3.63) is 0 Å². The van der Waals surface area contributed by atoms with Gasteiger partial charge in [-0.25, -0.2) is 0 Å². The second-order valence-electron chi connectivity index (χ2n) is 9.23. The van der Waals surface area contributed by atoms with Crippen molar-refractivity contribution in [1.82, 2.24) is 0 Å². The number of hydrogen-bond donors (Lipinski definition) is 0. The van der Waals surface area contributed by atoms with Crippen LogP contribution >= 0.6 is 7.60 Å². The van der Waals surface area contributed by atoms with Crippen LogP contribution in [0.25, 0.3) is 0 Å². The quantitative estimate of drug-likeness (QED) is 0.116. The SMILES string of the molecule is CCCCCCCCCCOP(=O)(CC(CC)CCCC)OCC(CC)CCCC. The summed E-state index contributed by atoms with van der Waals surface area (Å²) in [5, 5.41) is 0. The topological polar surface area (TPSA) is 35.5 Å². The molecule has 0 radical (unpaired) electrons. The lowest BCUT2D eigenvalue weighted by Crippen LogP contribution is -2.14. The van der Waals surface area contributed by atoms with E-state index in [9.17, 15) is 4.57 Å². The van der Waals surface area contributed by atoms with Gasteiger partial charge in [0.25, 0.3) is 0 Å². The highest BCUT2D eigenvalue weighted by atomic mass is 31.2. The zero-order chi connectivity index (χ0) is 22.5. The van der Waals surface area contributed by atoms with Crippen LogP contribution in [0.3, 0.4) is 0 Å². The molecule has 0 amide bonds. The Bertz CT molecular complexity index is 400. The Morgan fingerprint density at radius 2 is 1.10 bits per heavy atom. The van der Waals surface area contributed by atoms with Gasteiger partial charge in [-0.2, -0.15) is 0 Å². The van der Waals surface area contributed by atoms with Gasteiger partial charge in [-0.3, -0.25) is 4.57 Å². The Labute approximate surface area is 190 Å². The minimum absolute atomic E-state index is 0.449. The van der Waals surface area contributed by atoms with Crippen molar-refractivity contribution in [3.63, 3.8) is 0 Å². The number of hydrogen-bond acceptors (Lipinski definition) is 3. The van der Waals surface area contributed by atoms with Crippen LogP contribution in [0.15, 0.2) is 0 Å². The lowest BCUT2D eigenvalue weighted by molar-refractivity contribution is 0.166. The van der Waals surface area contributed by atoms with E-state index in [1.165, 1.54) is 70.6 Å². The summed E-state index contributed by atoms with van der Waals surface area (Å²) in [4.78, 5) is 0. The van der Waals surface area contributed by atoms with E-state index in [4.69, 9.17) is 9.05 Å². The number of rotatable bonds is 23. The van der Waals surface area contributed by atoms with E-state index in [2.05, 4.69) is 34.6 Å². The van der Waals surface area contributed by atoms with Crippen LogP contribution in [0.2, 0.25) is 0 Å². The van der Waals surface area contributed by atoms with Gasteiger partial charge >= 0.3 is 7.60 Å². The molecule has 0 bridgehead atoms. The zero-order valence-electron chi connectivity index (χ0n) is 21.3. The van der Waals surface area contributed by atoms with Crippen molar-refractivity contribution >= 4 is 7.60 Å². The van der Waals surface area contributed by atoms with E-state index in [1.54, 1.807) is 0 Å². The second-order valence-corrected chi connectivity index (χ2v) is 11.3. The van der Waals surface area contributed by atoms with Gasteiger partial charge in [-0.1, -0.05) is 118 Å². The zero-order valence-corrected chi connectivity index (χ0v) is 22.2. The van der Waals surface area contributed by atoms with Gasteiger partial charge in [0.2, 0.25) is 0 Å². The van der Waals surface area contributed by atoms with E-state index in [1.807, 2.05) is 0 Å². The fourth-order valence-corrected chi connectivity index (χ4v) is 6.14. The average molecular weight is 447 g/mol. The first-order chi connectivity index (χ1) is 14.5. The largest absolute Gasteiger partial charge is 0.330 e. The third-order valence-electron chi connectivity index (χ3n) is 6.36. The molecule has 0 spiro atoms. The van der Waals surface area contributed by atoms with E-state index in [0.29, 0.717) is 31.2 Å².